The van der Waals surface area contributed by atoms with Gasteiger partial charge in [0.15, 0.2) is 11.7 Å². The quantitative estimate of drug-likeness (QED) is 0.252. The van der Waals surface area contributed by atoms with Gasteiger partial charge in [-0.1, -0.05) is 30.3 Å². The first-order valence-electron chi connectivity index (χ1n) is 8.51. The van der Waals surface area contributed by atoms with Crippen LogP contribution in [0.15, 0.2) is 46.9 Å². The Morgan fingerprint density at radius 1 is 1.21 bits per heavy atom. The maximum absolute atomic E-state index is 12.6. The lowest BCUT2D eigenvalue weighted by atomic mass is 10.2. The molecule has 0 unspecified atom stereocenters. The van der Waals surface area contributed by atoms with Gasteiger partial charge in [-0.2, -0.15) is 13.2 Å². The number of alkyl halides is 3. The van der Waals surface area contributed by atoms with Gasteiger partial charge in [-0.05, 0) is 5.56 Å². The zero-order valence-corrected chi connectivity index (χ0v) is 18.6. The van der Waals surface area contributed by atoms with Gasteiger partial charge in [-0.3, -0.25) is 4.99 Å². The zero-order valence-electron chi connectivity index (χ0n) is 15.5. The molecule has 0 amide bonds. The number of hydrogen-bond acceptors (Lipinski definition) is 4. The van der Waals surface area contributed by atoms with E-state index < -0.39 is 11.9 Å². The SMILES string of the molecule is CN=C(NCCc1nc(C(F)(F)F)cs1)NCc1ncc(-c2ccccc2)[nH]1.I. The number of H-pyrrole nitrogens is 1. The summed E-state index contributed by atoms with van der Waals surface area (Å²) >= 11 is 1.00. The summed E-state index contributed by atoms with van der Waals surface area (Å²) in [6.07, 6.45) is -2.26. The largest absolute Gasteiger partial charge is 0.434 e. The Labute approximate surface area is 187 Å². The summed E-state index contributed by atoms with van der Waals surface area (Å²) in [7, 11) is 1.62. The third-order valence-electron chi connectivity index (χ3n) is 3.83. The van der Waals surface area contributed by atoms with E-state index in [0.717, 1.165) is 33.8 Å². The van der Waals surface area contributed by atoms with E-state index in [0.29, 0.717) is 30.5 Å². The number of guanidine groups is 1. The first kappa shape index (κ1) is 23.1. The zero-order chi connectivity index (χ0) is 20.0. The van der Waals surface area contributed by atoms with Crippen LogP contribution in [0.2, 0.25) is 0 Å². The first-order chi connectivity index (χ1) is 13.5. The van der Waals surface area contributed by atoms with Crippen LogP contribution in [0.25, 0.3) is 11.3 Å². The number of hydrogen-bond donors (Lipinski definition) is 3. The second-order valence-corrected chi connectivity index (χ2v) is 6.78. The molecule has 2 heterocycles. The summed E-state index contributed by atoms with van der Waals surface area (Å²) in [6.45, 7) is 0.847. The molecule has 0 aliphatic heterocycles. The highest BCUT2D eigenvalue weighted by molar-refractivity contribution is 14.0. The van der Waals surface area contributed by atoms with E-state index in [4.69, 9.17) is 0 Å². The number of aliphatic imine (C=N–C) groups is 1. The number of halogens is 4. The average Bonchev–Trinajstić information content (AvgIpc) is 3.34. The fraction of sp³-hybridized carbons (Fsp3) is 0.278. The van der Waals surface area contributed by atoms with Crippen LogP contribution in [0.1, 0.15) is 16.5 Å². The second-order valence-electron chi connectivity index (χ2n) is 5.84. The lowest BCUT2D eigenvalue weighted by Gasteiger charge is -2.10. The maximum atomic E-state index is 12.6. The number of benzene rings is 1. The molecule has 0 spiro atoms. The predicted octanol–water partition coefficient (Wildman–Crippen LogP) is 4.08. The van der Waals surface area contributed by atoms with Crippen LogP contribution in [-0.2, 0) is 19.1 Å². The van der Waals surface area contributed by atoms with Crippen molar-refractivity contribution in [3.8, 4) is 11.3 Å². The van der Waals surface area contributed by atoms with Crippen molar-refractivity contribution in [1.29, 1.82) is 0 Å². The van der Waals surface area contributed by atoms with Gasteiger partial charge >= 0.3 is 6.18 Å². The Balaban J connectivity index is 0.00000300. The van der Waals surface area contributed by atoms with Crippen LogP contribution in [0.3, 0.4) is 0 Å². The molecule has 6 nitrogen and oxygen atoms in total. The molecule has 11 heteroatoms. The number of thiazole rings is 1. The molecule has 0 fully saturated rings. The Kier molecular flexibility index (Phi) is 8.44. The number of nitrogens with one attached hydrogen (secondary N) is 3. The Morgan fingerprint density at radius 2 is 1.97 bits per heavy atom. The molecule has 3 rings (SSSR count). The Bertz CT molecular complexity index is 923. The molecule has 0 bridgehead atoms. The smallest absolute Gasteiger partial charge is 0.356 e. The molecule has 0 saturated carbocycles. The molecule has 3 aromatic rings. The fourth-order valence-electron chi connectivity index (χ4n) is 2.45. The molecule has 1 aromatic carbocycles. The molecular formula is C18H20F3IN6S. The molecule has 0 aliphatic carbocycles. The number of rotatable bonds is 6. The number of aromatic amines is 1. The van der Waals surface area contributed by atoms with E-state index in [1.807, 2.05) is 30.3 Å². The van der Waals surface area contributed by atoms with E-state index in [9.17, 15) is 13.2 Å². The van der Waals surface area contributed by atoms with Gasteiger partial charge in [0.25, 0.3) is 0 Å². The molecule has 2 aromatic heterocycles. The van der Waals surface area contributed by atoms with Crippen molar-refractivity contribution in [2.45, 2.75) is 19.1 Å². The number of aromatic nitrogens is 3. The predicted molar refractivity (Wildman–Crippen MR) is 118 cm³/mol. The van der Waals surface area contributed by atoms with E-state index in [1.165, 1.54) is 0 Å². The van der Waals surface area contributed by atoms with Crippen molar-refractivity contribution < 1.29 is 13.2 Å². The van der Waals surface area contributed by atoms with E-state index >= 15 is 0 Å². The summed E-state index contributed by atoms with van der Waals surface area (Å²) in [5.41, 5.74) is 1.12. The average molecular weight is 536 g/mol. The van der Waals surface area contributed by atoms with Crippen LogP contribution in [0.5, 0.6) is 0 Å². The van der Waals surface area contributed by atoms with Crippen molar-refractivity contribution >= 4 is 41.3 Å². The summed E-state index contributed by atoms with van der Waals surface area (Å²) < 4.78 is 37.7. The van der Waals surface area contributed by atoms with Gasteiger partial charge in [-0.25, -0.2) is 9.97 Å². The van der Waals surface area contributed by atoms with Gasteiger partial charge in [0.05, 0.1) is 23.4 Å². The number of nitrogens with zero attached hydrogens (tertiary/aromatic N) is 3. The lowest BCUT2D eigenvalue weighted by molar-refractivity contribution is -0.140. The van der Waals surface area contributed by atoms with Gasteiger partial charge in [0.1, 0.15) is 5.82 Å². The van der Waals surface area contributed by atoms with Crippen molar-refractivity contribution in [1.82, 2.24) is 25.6 Å². The monoisotopic (exact) mass is 536 g/mol. The normalized spacial score (nSPS) is 11.8. The van der Waals surface area contributed by atoms with Crippen LogP contribution >= 0.6 is 35.3 Å². The highest BCUT2D eigenvalue weighted by Gasteiger charge is 2.33. The van der Waals surface area contributed by atoms with Crippen LogP contribution in [-0.4, -0.2) is 34.5 Å². The molecule has 29 heavy (non-hydrogen) atoms. The summed E-state index contributed by atoms with van der Waals surface area (Å²) in [4.78, 5) is 15.3. The standard InChI is InChI=1S/C18H19F3N6S.HI/c1-22-17(23-8-7-16-27-14(11-28-16)18(19,20)21)25-10-15-24-9-13(26-15)12-5-3-2-4-6-12;/h2-6,9,11H,7-8,10H2,1H3,(H,24,26)(H2,22,23,25);1H. The van der Waals surface area contributed by atoms with Crippen LogP contribution in [0.4, 0.5) is 13.2 Å². The second kappa shape index (κ2) is 10.6. The van der Waals surface area contributed by atoms with Crippen molar-refractivity contribution in [3.05, 3.63) is 58.4 Å². The fourth-order valence-corrected chi connectivity index (χ4v) is 3.25. The number of imidazole rings is 1. The van der Waals surface area contributed by atoms with Crippen LogP contribution < -0.4 is 10.6 Å². The van der Waals surface area contributed by atoms with Gasteiger partial charge in [0.2, 0.25) is 0 Å². The summed E-state index contributed by atoms with van der Waals surface area (Å²) in [5, 5.41) is 7.63. The molecule has 0 aliphatic rings. The molecule has 0 radical (unpaired) electrons. The van der Waals surface area contributed by atoms with Gasteiger partial charge in [-0.15, -0.1) is 35.3 Å². The minimum Gasteiger partial charge on any atom is -0.356 e. The Morgan fingerprint density at radius 3 is 2.62 bits per heavy atom. The lowest BCUT2D eigenvalue weighted by Crippen LogP contribution is -2.38. The third kappa shape index (κ3) is 6.70. The molecule has 0 saturated heterocycles. The molecule has 0 atom stereocenters. The highest BCUT2D eigenvalue weighted by atomic mass is 127. The molecule has 3 N–H and O–H groups in total. The minimum atomic E-state index is -4.40. The maximum Gasteiger partial charge on any atom is 0.434 e. The molecular weight excluding hydrogens is 516 g/mol. The topological polar surface area (TPSA) is 78.0 Å². The first-order valence-corrected chi connectivity index (χ1v) is 9.39. The van der Waals surface area contributed by atoms with Gasteiger partial charge < -0.3 is 15.6 Å². The van der Waals surface area contributed by atoms with E-state index in [2.05, 4.69) is 30.6 Å². The Hall–Kier alpha value is -2.15. The van der Waals surface area contributed by atoms with Crippen molar-refractivity contribution in [2.75, 3.05) is 13.6 Å². The van der Waals surface area contributed by atoms with E-state index in [-0.39, 0.29) is 24.0 Å². The minimum absolute atomic E-state index is 0. The third-order valence-corrected chi connectivity index (χ3v) is 4.74. The highest BCUT2D eigenvalue weighted by Crippen LogP contribution is 2.30. The molecule has 156 valence electrons. The van der Waals surface area contributed by atoms with Crippen molar-refractivity contribution in [2.24, 2.45) is 4.99 Å². The summed E-state index contributed by atoms with van der Waals surface area (Å²) in [5.74, 6) is 1.28. The van der Waals surface area contributed by atoms with Crippen molar-refractivity contribution in [3.63, 3.8) is 0 Å². The van der Waals surface area contributed by atoms with E-state index in [1.54, 1.807) is 13.2 Å². The van der Waals surface area contributed by atoms with Gasteiger partial charge in [0, 0.05) is 25.4 Å². The van der Waals surface area contributed by atoms with Crippen LogP contribution in [0, 0.1) is 0 Å². The summed E-state index contributed by atoms with van der Waals surface area (Å²) in [6, 6.07) is 9.86.